The smallest absolute Gasteiger partial charge is 0.254 e. The molecule has 2 aromatic rings. The third-order valence-electron chi connectivity index (χ3n) is 5.37. The minimum Gasteiger partial charge on any atom is -0.254 e. The summed E-state index contributed by atoms with van der Waals surface area (Å²) >= 11 is 0. The van der Waals surface area contributed by atoms with Crippen molar-refractivity contribution in [3.05, 3.63) is 42.7 Å². The highest BCUT2D eigenvalue weighted by atomic mass is 32.2. The van der Waals surface area contributed by atoms with Gasteiger partial charge in [-0.3, -0.25) is 9.80 Å². The Morgan fingerprint density at radius 2 is 1.41 bits per heavy atom. The fourth-order valence-corrected chi connectivity index (χ4v) is 5.27. The maximum absolute atomic E-state index is 12.8. The Bertz CT molecular complexity index is 843. The van der Waals surface area contributed by atoms with Crippen LogP contribution in [0, 0.1) is 0 Å². The van der Waals surface area contributed by atoms with Crippen LogP contribution in [0.15, 0.2) is 47.6 Å². The van der Waals surface area contributed by atoms with Gasteiger partial charge in [0.15, 0.2) is 0 Å². The van der Waals surface area contributed by atoms with E-state index >= 15 is 0 Å². The topological polar surface area (TPSA) is 72.1 Å². The summed E-state index contributed by atoms with van der Waals surface area (Å²) in [6, 6.07) is 9.72. The van der Waals surface area contributed by atoms with Crippen molar-refractivity contribution >= 4 is 21.7 Å². The number of anilines is 2. The van der Waals surface area contributed by atoms with Gasteiger partial charge >= 0.3 is 0 Å². The van der Waals surface area contributed by atoms with Gasteiger partial charge in [0.2, 0.25) is 10.0 Å². The molecule has 0 radical (unpaired) electrons. The van der Waals surface area contributed by atoms with E-state index in [4.69, 9.17) is 0 Å². The molecule has 0 bridgehead atoms. The van der Waals surface area contributed by atoms with Crippen molar-refractivity contribution in [3.8, 4) is 0 Å². The summed E-state index contributed by atoms with van der Waals surface area (Å²) in [5.41, 5.74) is 0. The normalized spacial score (nSPS) is 19.3. The molecular weight excluding hydrogens is 362 g/mol. The molecular formula is C19H27N5O2S+2. The van der Waals surface area contributed by atoms with E-state index in [0.29, 0.717) is 18.0 Å². The van der Waals surface area contributed by atoms with E-state index in [9.17, 15) is 8.42 Å². The molecule has 2 N–H and O–H groups in total. The fourth-order valence-electron chi connectivity index (χ4n) is 3.78. The highest BCUT2D eigenvalue weighted by Gasteiger charge is 2.30. The maximum atomic E-state index is 12.8. The SMILES string of the molecule is O=S(=O)(c1ccc(N2CCN(c3cccc[nH+]3)CC2)[nH+]c1)N1CCCCC1. The monoisotopic (exact) mass is 389 g/mol. The van der Waals surface area contributed by atoms with E-state index in [1.807, 2.05) is 24.4 Å². The summed E-state index contributed by atoms with van der Waals surface area (Å²) in [4.78, 5) is 11.4. The Balaban J connectivity index is 1.41. The molecule has 0 saturated carbocycles. The molecule has 0 spiro atoms. The molecule has 7 nitrogen and oxygen atoms in total. The zero-order chi connectivity index (χ0) is 18.7. The number of hydrogen-bond acceptors (Lipinski definition) is 4. The lowest BCUT2D eigenvalue weighted by Gasteiger charge is -2.27. The second-order valence-corrected chi connectivity index (χ2v) is 9.03. The van der Waals surface area contributed by atoms with Crippen molar-refractivity contribution in [2.75, 3.05) is 49.1 Å². The molecule has 0 aromatic carbocycles. The molecule has 144 valence electrons. The number of sulfonamides is 1. The Morgan fingerprint density at radius 3 is 1.96 bits per heavy atom. The van der Waals surface area contributed by atoms with Gasteiger partial charge in [0, 0.05) is 25.2 Å². The van der Waals surface area contributed by atoms with Gasteiger partial charge in [0.25, 0.3) is 11.6 Å². The minimum atomic E-state index is -3.38. The number of H-pyrrole nitrogens is 2. The summed E-state index contributed by atoms with van der Waals surface area (Å²) in [7, 11) is -3.38. The lowest BCUT2D eigenvalue weighted by atomic mass is 10.2. The van der Waals surface area contributed by atoms with Gasteiger partial charge in [-0.25, -0.2) is 18.4 Å². The quantitative estimate of drug-likeness (QED) is 0.776. The van der Waals surface area contributed by atoms with E-state index in [1.54, 1.807) is 16.6 Å². The number of rotatable bonds is 4. The molecule has 4 heterocycles. The summed E-state index contributed by atoms with van der Waals surface area (Å²) in [5.74, 6) is 2.09. The molecule has 0 atom stereocenters. The van der Waals surface area contributed by atoms with Crippen LogP contribution in [0.25, 0.3) is 0 Å². The van der Waals surface area contributed by atoms with Crippen LogP contribution in [0.1, 0.15) is 19.3 Å². The molecule has 2 aliphatic rings. The highest BCUT2D eigenvalue weighted by molar-refractivity contribution is 7.89. The predicted molar refractivity (Wildman–Crippen MR) is 103 cm³/mol. The van der Waals surface area contributed by atoms with Gasteiger partial charge in [0.05, 0.1) is 6.20 Å². The van der Waals surface area contributed by atoms with Crippen LogP contribution in [0.3, 0.4) is 0 Å². The van der Waals surface area contributed by atoms with Gasteiger partial charge in [-0.2, -0.15) is 4.31 Å². The first-order valence-corrected chi connectivity index (χ1v) is 11.1. The van der Waals surface area contributed by atoms with Crippen LogP contribution in [0.2, 0.25) is 0 Å². The third kappa shape index (κ3) is 3.91. The Morgan fingerprint density at radius 1 is 0.741 bits per heavy atom. The number of pyridine rings is 2. The fraction of sp³-hybridized carbons (Fsp3) is 0.474. The lowest BCUT2D eigenvalue weighted by molar-refractivity contribution is -0.368. The number of piperazine rings is 1. The van der Waals surface area contributed by atoms with Crippen molar-refractivity contribution in [2.24, 2.45) is 0 Å². The Labute approximate surface area is 160 Å². The van der Waals surface area contributed by atoms with Crippen molar-refractivity contribution < 1.29 is 18.4 Å². The summed E-state index contributed by atoms with van der Waals surface area (Å²) in [5, 5.41) is 0. The molecule has 4 rings (SSSR count). The molecule has 8 heteroatoms. The van der Waals surface area contributed by atoms with E-state index in [0.717, 1.165) is 57.1 Å². The van der Waals surface area contributed by atoms with Crippen molar-refractivity contribution in [1.29, 1.82) is 0 Å². The number of nitrogens with one attached hydrogen (secondary N) is 2. The standard InChI is InChI=1S/C19H25N5O2S/c25-27(26,24-10-4-1-5-11-24)17-7-8-19(21-16-17)23-14-12-22(13-15-23)18-6-2-3-9-20-18/h2-3,6-9,16H,1,4-5,10-15H2/p+2. The first-order valence-electron chi connectivity index (χ1n) is 9.63. The molecule has 0 aliphatic carbocycles. The van der Waals surface area contributed by atoms with Gasteiger partial charge in [-0.1, -0.05) is 12.5 Å². The summed E-state index contributed by atoms with van der Waals surface area (Å²) < 4.78 is 27.1. The number of nitrogens with zero attached hydrogens (tertiary/aromatic N) is 3. The van der Waals surface area contributed by atoms with Gasteiger partial charge in [-0.05, 0) is 25.0 Å². The van der Waals surface area contributed by atoms with Crippen molar-refractivity contribution in [3.63, 3.8) is 0 Å². The van der Waals surface area contributed by atoms with Gasteiger partial charge < -0.3 is 0 Å². The molecule has 27 heavy (non-hydrogen) atoms. The largest absolute Gasteiger partial charge is 0.274 e. The second-order valence-electron chi connectivity index (χ2n) is 7.10. The Kier molecular flexibility index (Phi) is 5.27. The summed E-state index contributed by atoms with van der Waals surface area (Å²) in [6.45, 7) is 4.87. The Hall–Kier alpha value is -2.19. The zero-order valence-corrected chi connectivity index (χ0v) is 16.3. The molecule has 0 amide bonds. The van der Waals surface area contributed by atoms with E-state index in [1.165, 1.54) is 0 Å². The van der Waals surface area contributed by atoms with Crippen molar-refractivity contribution in [1.82, 2.24) is 4.31 Å². The number of hydrogen-bond donors (Lipinski definition) is 0. The minimum absolute atomic E-state index is 0.352. The van der Waals surface area contributed by atoms with Crippen LogP contribution in [0.5, 0.6) is 0 Å². The second kappa shape index (κ2) is 7.82. The van der Waals surface area contributed by atoms with Crippen molar-refractivity contribution in [2.45, 2.75) is 24.2 Å². The average Bonchev–Trinajstić information content (AvgIpc) is 2.75. The van der Waals surface area contributed by atoms with Gasteiger partial charge in [0.1, 0.15) is 37.3 Å². The van der Waals surface area contributed by atoms with Crippen LogP contribution < -0.4 is 19.8 Å². The van der Waals surface area contributed by atoms with Crippen LogP contribution in [-0.2, 0) is 10.0 Å². The predicted octanol–water partition coefficient (Wildman–Crippen LogP) is 0.816. The number of aromatic nitrogens is 2. The van der Waals surface area contributed by atoms with Crippen LogP contribution >= 0.6 is 0 Å². The van der Waals surface area contributed by atoms with E-state index in [2.05, 4.69) is 25.8 Å². The van der Waals surface area contributed by atoms with Crippen LogP contribution in [-0.4, -0.2) is 52.0 Å². The highest BCUT2D eigenvalue weighted by Crippen LogP contribution is 2.21. The molecule has 2 aliphatic heterocycles. The number of piperidine rings is 1. The van der Waals surface area contributed by atoms with E-state index < -0.39 is 10.0 Å². The maximum Gasteiger partial charge on any atom is 0.274 e. The first kappa shape index (κ1) is 18.2. The average molecular weight is 390 g/mol. The van der Waals surface area contributed by atoms with Crippen LogP contribution in [0.4, 0.5) is 11.6 Å². The molecule has 2 aromatic heterocycles. The third-order valence-corrected chi connectivity index (χ3v) is 7.27. The molecule has 2 saturated heterocycles. The molecule has 0 unspecified atom stereocenters. The summed E-state index contributed by atoms with van der Waals surface area (Å²) in [6.07, 6.45) is 6.59. The lowest BCUT2D eigenvalue weighted by Crippen LogP contribution is -2.49. The van der Waals surface area contributed by atoms with Gasteiger partial charge in [-0.15, -0.1) is 0 Å². The molecule has 2 fully saturated rings. The first-order chi connectivity index (χ1) is 13.1. The number of aromatic amines is 2. The van der Waals surface area contributed by atoms with E-state index in [-0.39, 0.29) is 0 Å². The zero-order valence-electron chi connectivity index (χ0n) is 15.5.